The van der Waals surface area contributed by atoms with Crippen molar-refractivity contribution < 1.29 is 0 Å². The average molecular weight is 235 g/mol. The number of nitrogens with zero attached hydrogens (tertiary/aromatic N) is 1. The highest BCUT2D eigenvalue weighted by atomic mass is 32.1. The number of pyridine rings is 1. The van der Waals surface area contributed by atoms with E-state index in [0.29, 0.717) is 10.7 Å². The summed E-state index contributed by atoms with van der Waals surface area (Å²) in [5.74, 6) is 1.66. The number of nitrogens with two attached hydrogens (primary N) is 1. The molecule has 4 heteroatoms. The van der Waals surface area contributed by atoms with Gasteiger partial charge in [0.05, 0.1) is 5.69 Å². The molecule has 0 radical (unpaired) electrons. The van der Waals surface area contributed by atoms with Crippen LogP contribution in [0.5, 0.6) is 0 Å². The number of hydrogen-bond donors (Lipinski definition) is 2. The lowest BCUT2D eigenvalue weighted by molar-refractivity contribution is 0.536. The van der Waals surface area contributed by atoms with E-state index in [2.05, 4.69) is 17.2 Å². The van der Waals surface area contributed by atoms with E-state index in [4.69, 9.17) is 18.0 Å². The quantitative estimate of drug-likeness (QED) is 0.768. The van der Waals surface area contributed by atoms with E-state index in [9.17, 15) is 0 Å². The molecule has 1 aromatic heterocycles. The number of hydrogen-bond acceptors (Lipinski definition) is 3. The molecule has 3 nitrogen and oxygen atoms in total. The second-order valence-electron chi connectivity index (χ2n) is 4.49. The van der Waals surface area contributed by atoms with Gasteiger partial charge < -0.3 is 11.1 Å². The fraction of sp³-hybridized carbons (Fsp3) is 0.500. The van der Waals surface area contributed by atoms with Gasteiger partial charge in [0.1, 0.15) is 4.99 Å². The highest BCUT2D eigenvalue weighted by Crippen LogP contribution is 2.36. The molecule has 0 spiro atoms. The molecule has 1 unspecified atom stereocenters. The van der Waals surface area contributed by atoms with Crippen LogP contribution in [0.2, 0.25) is 0 Å². The molecule has 0 aromatic carbocycles. The molecule has 0 amide bonds. The summed E-state index contributed by atoms with van der Waals surface area (Å²) in [5, 5.41) is 3.41. The fourth-order valence-electron chi connectivity index (χ4n) is 1.79. The van der Waals surface area contributed by atoms with Crippen molar-refractivity contribution in [2.75, 3.05) is 11.9 Å². The molecule has 1 atom stereocenters. The minimum absolute atomic E-state index is 0.346. The van der Waals surface area contributed by atoms with Crippen LogP contribution in [0, 0.1) is 11.8 Å². The van der Waals surface area contributed by atoms with Crippen molar-refractivity contribution in [3.63, 3.8) is 0 Å². The Bertz CT molecular complexity index is 388. The highest BCUT2D eigenvalue weighted by Gasteiger charge is 2.27. The van der Waals surface area contributed by atoms with E-state index in [-0.39, 0.29) is 0 Å². The van der Waals surface area contributed by atoms with Gasteiger partial charge in [0.2, 0.25) is 0 Å². The third kappa shape index (κ3) is 2.92. The third-order valence-electron chi connectivity index (χ3n) is 3.07. The van der Waals surface area contributed by atoms with Crippen LogP contribution in [-0.4, -0.2) is 16.5 Å². The molecular formula is C12H17N3S. The van der Waals surface area contributed by atoms with Crippen molar-refractivity contribution in [3.05, 3.63) is 24.0 Å². The molecule has 1 heterocycles. The summed E-state index contributed by atoms with van der Waals surface area (Å²) in [7, 11) is 0. The first kappa shape index (κ1) is 11.3. The molecule has 16 heavy (non-hydrogen) atoms. The molecule has 3 N–H and O–H groups in total. The highest BCUT2D eigenvalue weighted by molar-refractivity contribution is 7.80. The predicted molar refractivity (Wildman–Crippen MR) is 70.5 cm³/mol. The molecule has 0 bridgehead atoms. The molecule has 0 aliphatic heterocycles. The van der Waals surface area contributed by atoms with Crippen molar-refractivity contribution in [2.45, 2.75) is 19.8 Å². The number of aromatic nitrogens is 1. The van der Waals surface area contributed by atoms with Gasteiger partial charge >= 0.3 is 0 Å². The maximum atomic E-state index is 5.54. The fourth-order valence-corrected chi connectivity index (χ4v) is 1.90. The van der Waals surface area contributed by atoms with Crippen LogP contribution in [-0.2, 0) is 0 Å². The normalized spacial score (nSPS) is 16.8. The summed E-state index contributed by atoms with van der Waals surface area (Å²) in [4.78, 5) is 4.45. The lowest BCUT2D eigenvalue weighted by atomic mass is 10.1. The number of anilines is 1. The Kier molecular flexibility index (Phi) is 3.39. The molecule has 1 saturated carbocycles. The van der Waals surface area contributed by atoms with Gasteiger partial charge in [-0.2, -0.15) is 0 Å². The van der Waals surface area contributed by atoms with E-state index in [0.717, 1.165) is 24.1 Å². The Labute approximate surface area is 101 Å². The summed E-state index contributed by atoms with van der Waals surface area (Å²) >= 11 is 4.90. The van der Waals surface area contributed by atoms with Crippen molar-refractivity contribution in [1.29, 1.82) is 0 Å². The zero-order chi connectivity index (χ0) is 11.5. The minimum Gasteiger partial charge on any atom is -0.388 e. The predicted octanol–water partition coefficient (Wildman–Crippen LogP) is 2.17. The SMILES string of the molecule is CC(CNc1ccnc(C(N)=S)c1)C1CC1. The molecule has 1 aromatic rings. The smallest absolute Gasteiger partial charge is 0.122 e. The van der Waals surface area contributed by atoms with Crippen molar-refractivity contribution in [2.24, 2.45) is 17.6 Å². The van der Waals surface area contributed by atoms with Gasteiger partial charge in [-0.3, -0.25) is 4.98 Å². The van der Waals surface area contributed by atoms with Gasteiger partial charge in [-0.1, -0.05) is 19.1 Å². The summed E-state index contributed by atoms with van der Waals surface area (Å²) in [6.45, 7) is 3.30. The molecule has 86 valence electrons. The standard InChI is InChI=1S/C12H17N3S/c1-8(9-2-3-9)7-15-10-4-5-14-11(6-10)12(13)16/h4-6,8-9H,2-3,7H2,1H3,(H2,13,16)(H,14,15). The first-order valence-electron chi connectivity index (χ1n) is 5.66. The molecular weight excluding hydrogens is 218 g/mol. The van der Waals surface area contributed by atoms with Crippen molar-refractivity contribution in [3.8, 4) is 0 Å². The van der Waals surface area contributed by atoms with Crippen LogP contribution >= 0.6 is 12.2 Å². The maximum absolute atomic E-state index is 5.54. The molecule has 1 fully saturated rings. The molecule has 0 saturated heterocycles. The van der Waals surface area contributed by atoms with Crippen molar-refractivity contribution in [1.82, 2.24) is 4.98 Å². The van der Waals surface area contributed by atoms with Crippen LogP contribution in [0.3, 0.4) is 0 Å². The largest absolute Gasteiger partial charge is 0.388 e. The average Bonchev–Trinajstić information content (AvgIpc) is 3.10. The molecule has 2 rings (SSSR count). The monoisotopic (exact) mass is 235 g/mol. The lowest BCUT2D eigenvalue weighted by Crippen LogP contribution is -2.15. The van der Waals surface area contributed by atoms with Crippen molar-refractivity contribution >= 4 is 22.9 Å². The number of nitrogens with one attached hydrogen (secondary N) is 1. The van der Waals surface area contributed by atoms with Gasteiger partial charge in [0.15, 0.2) is 0 Å². The Hall–Kier alpha value is -1.16. The number of rotatable bonds is 5. The summed E-state index contributed by atoms with van der Waals surface area (Å²) in [6, 6.07) is 3.85. The van der Waals surface area contributed by atoms with E-state index < -0.39 is 0 Å². The Morgan fingerprint density at radius 2 is 2.44 bits per heavy atom. The van der Waals surface area contributed by atoms with Crippen LogP contribution < -0.4 is 11.1 Å². The Morgan fingerprint density at radius 3 is 3.06 bits per heavy atom. The lowest BCUT2D eigenvalue weighted by Gasteiger charge is -2.12. The first-order chi connectivity index (χ1) is 7.66. The molecule has 1 aliphatic carbocycles. The summed E-state index contributed by atoms with van der Waals surface area (Å²) in [5.41, 5.74) is 7.26. The zero-order valence-electron chi connectivity index (χ0n) is 9.44. The Balaban J connectivity index is 1.92. The second kappa shape index (κ2) is 4.78. The van der Waals surface area contributed by atoms with E-state index in [1.54, 1.807) is 6.20 Å². The summed E-state index contributed by atoms with van der Waals surface area (Å²) in [6.07, 6.45) is 4.51. The topological polar surface area (TPSA) is 50.9 Å². The van der Waals surface area contributed by atoms with E-state index >= 15 is 0 Å². The van der Waals surface area contributed by atoms with Crippen LogP contribution in [0.1, 0.15) is 25.5 Å². The van der Waals surface area contributed by atoms with E-state index in [1.807, 2.05) is 12.1 Å². The van der Waals surface area contributed by atoms with Gasteiger partial charge in [-0.05, 0) is 36.8 Å². The first-order valence-corrected chi connectivity index (χ1v) is 6.07. The summed E-state index contributed by atoms with van der Waals surface area (Å²) < 4.78 is 0. The maximum Gasteiger partial charge on any atom is 0.122 e. The van der Waals surface area contributed by atoms with Gasteiger partial charge in [-0.25, -0.2) is 0 Å². The van der Waals surface area contributed by atoms with Crippen LogP contribution in [0.4, 0.5) is 5.69 Å². The molecule has 1 aliphatic rings. The Morgan fingerprint density at radius 1 is 1.69 bits per heavy atom. The zero-order valence-corrected chi connectivity index (χ0v) is 10.3. The van der Waals surface area contributed by atoms with Gasteiger partial charge in [0, 0.05) is 18.4 Å². The van der Waals surface area contributed by atoms with Gasteiger partial charge in [0.25, 0.3) is 0 Å². The number of thiocarbonyl (C=S) groups is 1. The van der Waals surface area contributed by atoms with Gasteiger partial charge in [-0.15, -0.1) is 0 Å². The van der Waals surface area contributed by atoms with Crippen LogP contribution in [0.25, 0.3) is 0 Å². The third-order valence-corrected chi connectivity index (χ3v) is 3.28. The van der Waals surface area contributed by atoms with E-state index in [1.165, 1.54) is 12.8 Å². The second-order valence-corrected chi connectivity index (χ2v) is 4.93. The van der Waals surface area contributed by atoms with Crippen LogP contribution in [0.15, 0.2) is 18.3 Å². The minimum atomic E-state index is 0.346.